The van der Waals surface area contributed by atoms with Crippen molar-refractivity contribution in [1.82, 2.24) is 9.97 Å². The fourth-order valence-electron chi connectivity index (χ4n) is 2.15. The first-order valence-corrected chi connectivity index (χ1v) is 7.72. The first kappa shape index (κ1) is 16.5. The molecule has 0 unspecified atom stereocenters. The van der Waals surface area contributed by atoms with Gasteiger partial charge in [0.15, 0.2) is 5.82 Å². The van der Waals surface area contributed by atoms with Gasteiger partial charge in [-0.15, -0.1) is 0 Å². The van der Waals surface area contributed by atoms with Gasteiger partial charge in [0.1, 0.15) is 22.5 Å². The minimum Gasteiger partial charge on any atom is -0.495 e. The van der Waals surface area contributed by atoms with Gasteiger partial charge in [0.05, 0.1) is 12.8 Å². The zero-order valence-electron chi connectivity index (χ0n) is 12.6. The highest BCUT2D eigenvalue weighted by atomic mass is 35.5. The summed E-state index contributed by atoms with van der Waals surface area (Å²) in [6.45, 7) is 0. The average molecular weight is 364 g/mol. The molecule has 1 aromatic heterocycles. The number of ether oxygens (including phenoxy) is 1. The third-order valence-corrected chi connectivity index (χ3v) is 3.63. The summed E-state index contributed by atoms with van der Waals surface area (Å²) in [7, 11) is 1.56. The molecule has 0 fully saturated rings. The maximum absolute atomic E-state index is 13.4. The molecule has 0 radical (unpaired) electrons. The molecule has 2 aromatic carbocycles. The quantitative estimate of drug-likeness (QED) is 0.635. The van der Waals surface area contributed by atoms with Crippen LogP contribution in [0.15, 0.2) is 48.5 Å². The molecule has 0 atom stereocenters. The molecule has 7 heteroatoms. The van der Waals surface area contributed by atoms with Crippen LogP contribution in [-0.4, -0.2) is 17.1 Å². The molecule has 1 heterocycles. The number of hydrogen-bond acceptors (Lipinski definition) is 4. The van der Waals surface area contributed by atoms with Crippen LogP contribution in [-0.2, 0) is 0 Å². The van der Waals surface area contributed by atoms with Crippen molar-refractivity contribution in [2.45, 2.75) is 0 Å². The number of methoxy groups -OCH3 is 1. The van der Waals surface area contributed by atoms with Crippen molar-refractivity contribution >= 4 is 34.7 Å². The first-order valence-electron chi connectivity index (χ1n) is 6.96. The minimum atomic E-state index is -0.373. The fraction of sp³-hybridized carbons (Fsp3) is 0.0588. The third kappa shape index (κ3) is 3.75. The lowest BCUT2D eigenvalue weighted by Crippen LogP contribution is -1.99. The summed E-state index contributed by atoms with van der Waals surface area (Å²) in [5, 5.41) is 3.87. The summed E-state index contributed by atoms with van der Waals surface area (Å²) in [5.41, 5.74) is 1.16. The monoisotopic (exact) mass is 363 g/mol. The Kier molecular flexibility index (Phi) is 4.83. The lowest BCUT2D eigenvalue weighted by Gasteiger charge is -2.12. The van der Waals surface area contributed by atoms with E-state index in [1.54, 1.807) is 43.5 Å². The molecule has 3 rings (SSSR count). The number of anilines is 2. The van der Waals surface area contributed by atoms with Gasteiger partial charge in [-0.1, -0.05) is 35.3 Å². The zero-order chi connectivity index (χ0) is 17.1. The predicted octanol–water partition coefficient (Wildman–Crippen LogP) is 5.34. The second-order valence-electron chi connectivity index (χ2n) is 4.88. The summed E-state index contributed by atoms with van der Waals surface area (Å²) in [5.74, 6) is 0.976. The molecule has 0 aliphatic rings. The maximum atomic E-state index is 13.4. The standard InChI is InChI=1S/C17H12Cl2FN3O/c1-24-14-6-5-11(18)8-13(14)21-16-9-15(19)22-17(23-16)10-3-2-4-12(20)7-10/h2-9H,1H3,(H,21,22,23). The van der Waals surface area contributed by atoms with Crippen molar-refractivity contribution in [2.75, 3.05) is 12.4 Å². The van der Waals surface area contributed by atoms with Gasteiger partial charge in [-0.2, -0.15) is 0 Å². The molecule has 0 aliphatic carbocycles. The van der Waals surface area contributed by atoms with E-state index in [0.29, 0.717) is 33.7 Å². The lowest BCUT2D eigenvalue weighted by molar-refractivity contribution is 0.417. The van der Waals surface area contributed by atoms with E-state index in [2.05, 4.69) is 15.3 Å². The van der Waals surface area contributed by atoms with Crippen LogP contribution in [0.4, 0.5) is 15.9 Å². The SMILES string of the molecule is COc1ccc(Cl)cc1Nc1cc(Cl)nc(-c2cccc(F)c2)n1. The molecule has 0 amide bonds. The van der Waals surface area contributed by atoms with Gasteiger partial charge in [-0.25, -0.2) is 14.4 Å². The van der Waals surface area contributed by atoms with Crippen molar-refractivity contribution in [2.24, 2.45) is 0 Å². The average Bonchev–Trinajstić information content (AvgIpc) is 2.54. The van der Waals surface area contributed by atoms with Crippen LogP contribution in [0.1, 0.15) is 0 Å². The summed E-state index contributed by atoms with van der Waals surface area (Å²) in [6, 6.07) is 12.7. The summed E-state index contributed by atoms with van der Waals surface area (Å²) in [4.78, 5) is 8.51. The normalized spacial score (nSPS) is 10.5. The molecule has 1 N–H and O–H groups in total. The Morgan fingerprint density at radius 3 is 2.62 bits per heavy atom. The molecule has 3 aromatic rings. The van der Waals surface area contributed by atoms with Gasteiger partial charge < -0.3 is 10.1 Å². The summed E-state index contributed by atoms with van der Waals surface area (Å²) in [6.07, 6.45) is 0. The molecular weight excluding hydrogens is 352 g/mol. The second-order valence-corrected chi connectivity index (χ2v) is 5.70. The van der Waals surface area contributed by atoms with Gasteiger partial charge in [0, 0.05) is 16.7 Å². The van der Waals surface area contributed by atoms with Gasteiger partial charge in [-0.3, -0.25) is 0 Å². The molecule has 0 saturated heterocycles. The fourth-order valence-corrected chi connectivity index (χ4v) is 2.51. The Bertz CT molecular complexity index is 889. The second kappa shape index (κ2) is 7.03. The highest BCUT2D eigenvalue weighted by Gasteiger charge is 2.10. The predicted molar refractivity (Wildman–Crippen MR) is 93.7 cm³/mol. The summed E-state index contributed by atoms with van der Waals surface area (Å²) < 4.78 is 18.7. The smallest absolute Gasteiger partial charge is 0.163 e. The van der Waals surface area contributed by atoms with E-state index in [9.17, 15) is 4.39 Å². The number of rotatable bonds is 4. The van der Waals surface area contributed by atoms with E-state index < -0.39 is 0 Å². The largest absolute Gasteiger partial charge is 0.495 e. The first-order chi connectivity index (χ1) is 11.5. The van der Waals surface area contributed by atoms with Crippen molar-refractivity contribution in [3.8, 4) is 17.1 Å². The van der Waals surface area contributed by atoms with Crippen molar-refractivity contribution in [3.63, 3.8) is 0 Å². The minimum absolute atomic E-state index is 0.229. The highest BCUT2D eigenvalue weighted by Crippen LogP contribution is 2.31. The molecule has 122 valence electrons. The van der Waals surface area contributed by atoms with Crippen molar-refractivity contribution < 1.29 is 9.13 Å². The van der Waals surface area contributed by atoms with Crippen LogP contribution in [0.5, 0.6) is 5.75 Å². The molecule has 24 heavy (non-hydrogen) atoms. The number of hydrogen-bond donors (Lipinski definition) is 1. The number of nitrogens with one attached hydrogen (secondary N) is 1. The zero-order valence-corrected chi connectivity index (χ0v) is 14.1. The molecule has 0 spiro atoms. The van der Waals surface area contributed by atoms with Crippen LogP contribution in [0.3, 0.4) is 0 Å². The van der Waals surface area contributed by atoms with Gasteiger partial charge in [0.2, 0.25) is 0 Å². The van der Waals surface area contributed by atoms with Crippen LogP contribution in [0, 0.1) is 5.82 Å². The van der Waals surface area contributed by atoms with E-state index in [-0.39, 0.29) is 11.0 Å². The lowest BCUT2D eigenvalue weighted by atomic mass is 10.2. The van der Waals surface area contributed by atoms with Crippen molar-refractivity contribution in [3.05, 3.63) is 64.5 Å². The van der Waals surface area contributed by atoms with Crippen LogP contribution < -0.4 is 10.1 Å². The number of nitrogens with zero attached hydrogens (tertiary/aromatic N) is 2. The van der Waals surface area contributed by atoms with E-state index in [4.69, 9.17) is 27.9 Å². The Labute approximate surface area is 148 Å². The molecular formula is C17H12Cl2FN3O. The Morgan fingerprint density at radius 1 is 1.04 bits per heavy atom. The number of aromatic nitrogens is 2. The van der Waals surface area contributed by atoms with Gasteiger partial charge in [0.25, 0.3) is 0 Å². The molecule has 0 saturated carbocycles. The van der Waals surface area contributed by atoms with Gasteiger partial charge in [-0.05, 0) is 30.3 Å². The van der Waals surface area contributed by atoms with Crippen molar-refractivity contribution in [1.29, 1.82) is 0 Å². The van der Waals surface area contributed by atoms with Crippen LogP contribution in [0.2, 0.25) is 10.2 Å². The van der Waals surface area contributed by atoms with Crippen LogP contribution in [0.25, 0.3) is 11.4 Å². The Hall–Kier alpha value is -2.37. The number of benzene rings is 2. The Balaban J connectivity index is 1.99. The summed E-state index contributed by atoms with van der Waals surface area (Å²) >= 11 is 12.1. The number of halogens is 3. The highest BCUT2D eigenvalue weighted by molar-refractivity contribution is 6.31. The maximum Gasteiger partial charge on any atom is 0.163 e. The molecule has 0 bridgehead atoms. The van der Waals surface area contributed by atoms with E-state index in [1.165, 1.54) is 12.1 Å². The Morgan fingerprint density at radius 2 is 1.88 bits per heavy atom. The third-order valence-electron chi connectivity index (χ3n) is 3.20. The van der Waals surface area contributed by atoms with E-state index in [0.717, 1.165) is 0 Å². The van der Waals surface area contributed by atoms with E-state index >= 15 is 0 Å². The topological polar surface area (TPSA) is 47.0 Å². The van der Waals surface area contributed by atoms with Crippen LogP contribution >= 0.6 is 23.2 Å². The molecule has 0 aliphatic heterocycles. The van der Waals surface area contributed by atoms with Gasteiger partial charge >= 0.3 is 0 Å². The molecule has 4 nitrogen and oxygen atoms in total. The van der Waals surface area contributed by atoms with E-state index in [1.807, 2.05) is 0 Å².